The van der Waals surface area contributed by atoms with Gasteiger partial charge in [0.25, 0.3) is 11.8 Å². The van der Waals surface area contributed by atoms with Crippen molar-refractivity contribution in [3.8, 4) is 0 Å². The zero-order valence-electron chi connectivity index (χ0n) is 16.8. The van der Waals surface area contributed by atoms with Crippen molar-refractivity contribution in [1.29, 1.82) is 0 Å². The monoisotopic (exact) mass is 437 g/mol. The van der Waals surface area contributed by atoms with Gasteiger partial charge in [0, 0.05) is 21.5 Å². The van der Waals surface area contributed by atoms with Gasteiger partial charge < -0.3 is 10.6 Å². The number of carbonyl (C=O) groups is 2. The van der Waals surface area contributed by atoms with Crippen LogP contribution in [0.15, 0.2) is 52.4 Å². The molecule has 3 aliphatic heterocycles. The van der Waals surface area contributed by atoms with Crippen LogP contribution in [0.25, 0.3) is 5.57 Å². The Bertz CT molecular complexity index is 1200. The number of amidine groups is 1. The Labute approximate surface area is 184 Å². The van der Waals surface area contributed by atoms with Gasteiger partial charge in [-0.15, -0.1) is 0 Å². The average molecular weight is 438 g/mol. The third-order valence-electron chi connectivity index (χ3n) is 6.22. The lowest BCUT2D eigenvalue weighted by molar-refractivity contribution is -0.115. The van der Waals surface area contributed by atoms with E-state index in [1.165, 1.54) is 0 Å². The first-order chi connectivity index (χ1) is 14.1. The van der Waals surface area contributed by atoms with E-state index < -0.39 is 11.4 Å². The van der Waals surface area contributed by atoms with Gasteiger partial charge in [0.2, 0.25) is 0 Å². The molecule has 7 heteroatoms. The Balaban J connectivity index is 1.85. The molecule has 152 valence electrons. The minimum Gasteiger partial charge on any atom is -0.378 e. The molecule has 2 amide bonds. The molecule has 1 unspecified atom stereocenters. The maximum absolute atomic E-state index is 13.7. The summed E-state index contributed by atoms with van der Waals surface area (Å²) in [5.74, 6) is -0.674. The molecule has 5 rings (SSSR count). The molecule has 1 atom stereocenters. The minimum absolute atomic E-state index is 0.154. The summed E-state index contributed by atoms with van der Waals surface area (Å²) in [6.07, 6.45) is 0.713. The molecule has 0 spiro atoms. The number of amides is 2. The molecule has 0 aliphatic carbocycles. The van der Waals surface area contributed by atoms with Gasteiger partial charge in [-0.2, -0.15) is 4.99 Å². The Morgan fingerprint density at radius 2 is 1.83 bits per heavy atom. The maximum Gasteiger partial charge on any atom is 0.287 e. The molecule has 0 saturated heterocycles. The van der Waals surface area contributed by atoms with Crippen LogP contribution in [0.3, 0.4) is 0 Å². The largest absolute Gasteiger partial charge is 0.378 e. The summed E-state index contributed by atoms with van der Waals surface area (Å²) < 4.78 is 0. The van der Waals surface area contributed by atoms with Gasteiger partial charge >= 0.3 is 0 Å². The van der Waals surface area contributed by atoms with Crippen LogP contribution in [-0.2, 0) is 15.0 Å². The van der Waals surface area contributed by atoms with E-state index in [0.717, 1.165) is 28.6 Å². The number of carbonyl (C=O) groups excluding carboxylic acids is 2. The van der Waals surface area contributed by atoms with E-state index in [-0.39, 0.29) is 21.4 Å². The van der Waals surface area contributed by atoms with Crippen LogP contribution in [-0.4, -0.2) is 22.5 Å². The lowest BCUT2D eigenvalue weighted by Crippen LogP contribution is -2.54. The molecule has 0 radical (unpaired) electrons. The molecule has 2 N–H and O–H groups in total. The van der Waals surface area contributed by atoms with Gasteiger partial charge in [0.05, 0.1) is 16.2 Å². The van der Waals surface area contributed by atoms with Crippen LogP contribution in [0.2, 0.25) is 5.02 Å². The molecule has 5 nitrogen and oxygen atoms in total. The molecule has 2 aromatic rings. The summed E-state index contributed by atoms with van der Waals surface area (Å²) in [6, 6.07) is 14.0. The van der Waals surface area contributed by atoms with Gasteiger partial charge in [0.1, 0.15) is 0 Å². The van der Waals surface area contributed by atoms with Crippen molar-refractivity contribution in [3.63, 3.8) is 0 Å². The topological polar surface area (TPSA) is 75.8 Å². The summed E-state index contributed by atoms with van der Waals surface area (Å²) in [6.45, 7) is 6.32. The highest BCUT2D eigenvalue weighted by Crippen LogP contribution is 2.57. The van der Waals surface area contributed by atoms with Crippen molar-refractivity contribution in [2.75, 3.05) is 4.90 Å². The number of hydrogen-bond acceptors (Lipinski definition) is 4. The summed E-state index contributed by atoms with van der Waals surface area (Å²) in [5.41, 5.74) is 8.95. The fourth-order valence-corrected chi connectivity index (χ4v) is 6.15. The zero-order chi connectivity index (χ0) is 21.4. The van der Waals surface area contributed by atoms with Gasteiger partial charge in [-0.05, 0) is 55.3 Å². The molecule has 0 bridgehead atoms. The number of thioether (sulfide) groups is 1. The van der Waals surface area contributed by atoms with E-state index in [1.807, 2.05) is 29.2 Å². The number of nitrogens with two attached hydrogens (primary N) is 1. The SMILES string of the molecule is CC1(c2ccccc2)CC(C)(C)N2C(=O)/C(=C3\SC(N)=NC3=O)c3cc(Cl)cc1c32. The highest BCUT2D eigenvalue weighted by molar-refractivity contribution is 8.18. The first-order valence-electron chi connectivity index (χ1n) is 9.68. The van der Waals surface area contributed by atoms with Crippen LogP contribution >= 0.6 is 23.4 Å². The predicted octanol–water partition coefficient (Wildman–Crippen LogP) is 4.47. The standard InChI is InChI=1S/C23H20ClN3O2S/c1-22(2)11-23(3,12-7-5-4-6-8-12)15-10-13(24)9-14-16(20(29)27(22)17(14)15)18-19(28)26-21(25)30-18/h4-10H,11H2,1-3H3,(H2,25,26,28)/b18-16-. The van der Waals surface area contributed by atoms with E-state index in [2.05, 4.69) is 37.9 Å². The number of nitrogens with zero attached hydrogens (tertiary/aromatic N) is 2. The van der Waals surface area contributed by atoms with E-state index in [9.17, 15) is 9.59 Å². The van der Waals surface area contributed by atoms with Crippen molar-refractivity contribution in [3.05, 3.63) is 69.1 Å². The maximum atomic E-state index is 13.7. The second-order valence-electron chi connectivity index (χ2n) is 8.74. The summed E-state index contributed by atoms with van der Waals surface area (Å²) in [5, 5.41) is 0.684. The van der Waals surface area contributed by atoms with Crippen LogP contribution in [0.1, 0.15) is 43.9 Å². The van der Waals surface area contributed by atoms with Crippen molar-refractivity contribution in [2.24, 2.45) is 10.7 Å². The number of rotatable bonds is 1. The molecule has 0 saturated carbocycles. The average Bonchev–Trinajstić information content (AvgIpc) is 3.15. The quantitative estimate of drug-likeness (QED) is 0.667. The highest BCUT2D eigenvalue weighted by Gasteiger charge is 2.53. The van der Waals surface area contributed by atoms with E-state index in [1.54, 1.807) is 6.07 Å². The number of halogens is 1. The first-order valence-corrected chi connectivity index (χ1v) is 10.9. The normalized spacial score (nSPS) is 26.8. The molecule has 0 fully saturated rings. The molecular weight excluding hydrogens is 418 g/mol. The van der Waals surface area contributed by atoms with Gasteiger partial charge in [-0.25, -0.2) is 0 Å². The highest BCUT2D eigenvalue weighted by atomic mass is 35.5. The second kappa shape index (κ2) is 6.22. The van der Waals surface area contributed by atoms with E-state index in [4.69, 9.17) is 17.3 Å². The number of benzene rings is 2. The third kappa shape index (κ3) is 2.53. The van der Waals surface area contributed by atoms with Crippen molar-refractivity contribution in [1.82, 2.24) is 0 Å². The molecular formula is C23H20ClN3O2S. The Kier molecular flexibility index (Phi) is 4.02. The van der Waals surface area contributed by atoms with Crippen LogP contribution in [0.5, 0.6) is 0 Å². The van der Waals surface area contributed by atoms with Gasteiger partial charge in [-0.3, -0.25) is 9.59 Å². The van der Waals surface area contributed by atoms with Crippen LogP contribution in [0, 0.1) is 0 Å². The van der Waals surface area contributed by atoms with Crippen molar-refractivity contribution in [2.45, 2.75) is 38.1 Å². The number of anilines is 1. The van der Waals surface area contributed by atoms with Crippen LogP contribution in [0.4, 0.5) is 5.69 Å². The second-order valence-corrected chi connectivity index (χ2v) is 10.2. The Hall–Kier alpha value is -2.57. The molecule has 0 aromatic heterocycles. The Morgan fingerprint density at radius 1 is 1.13 bits per heavy atom. The smallest absolute Gasteiger partial charge is 0.287 e. The minimum atomic E-state index is -0.474. The Morgan fingerprint density at radius 3 is 2.47 bits per heavy atom. The van der Waals surface area contributed by atoms with Gasteiger partial charge in [0.15, 0.2) is 5.17 Å². The number of aliphatic imine (C=N–C) groups is 1. The van der Waals surface area contributed by atoms with Crippen molar-refractivity contribution >= 4 is 51.6 Å². The summed E-state index contributed by atoms with van der Waals surface area (Å²) >= 11 is 7.60. The summed E-state index contributed by atoms with van der Waals surface area (Å²) in [4.78, 5) is 32.0. The molecule has 2 aromatic carbocycles. The summed E-state index contributed by atoms with van der Waals surface area (Å²) in [7, 11) is 0. The van der Waals surface area contributed by atoms with Crippen molar-refractivity contribution < 1.29 is 9.59 Å². The molecule has 3 heterocycles. The lowest BCUT2D eigenvalue weighted by Gasteiger charge is -2.49. The fourth-order valence-electron chi connectivity index (χ4n) is 5.16. The van der Waals surface area contributed by atoms with Crippen LogP contribution < -0.4 is 10.6 Å². The molecule has 30 heavy (non-hydrogen) atoms. The number of hydrogen-bond donors (Lipinski definition) is 1. The van der Waals surface area contributed by atoms with E-state index in [0.29, 0.717) is 22.6 Å². The van der Waals surface area contributed by atoms with Gasteiger partial charge in [-0.1, -0.05) is 48.9 Å². The fraction of sp³-hybridized carbons (Fsp3) is 0.261. The third-order valence-corrected chi connectivity index (χ3v) is 7.32. The predicted molar refractivity (Wildman–Crippen MR) is 122 cm³/mol. The molecule has 3 aliphatic rings. The zero-order valence-corrected chi connectivity index (χ0v) is 18.4. The first kappa shape index (κ1) is 19.4. The lowest BCUT2D eigenvalue weighted by atomic mass is 9.65. The van der Waals surface area contributed by atoms with E-state index >= 15 is 0 Å².